The van der Waals surface area contributed by atoms with Crippen LogP contribution in [0.25, 0.3) is 0 Å². The van der Waals surface area contributed by atoms with Crippen LogP contribution in [0.3, 0.4) is 0 Å². The van der Waals surface area contributed by atoms with Gasteiger partial charge in [-0.25, -0.2) is 0 Å². The molecule has 0 fully saturated rings. The van der Waals surface area contributed by atoms with Gasteiger partial charge < -0.3 is 10.4 Å². The third-order valence-corrected chi connectivity index (χ3v) is 3.19. The Kier molecular flexibility index (Phi) is 4.73. The zero-order valence-corrected chi connectivity index (χ0v) is 12.4. The average Bonchev–Trinajstić information content (AvgIpc) is 2.97. The number of nitro benzene ring substituents is 1. The first kappa shape index (κ1) is 16.9. The van der Waals surface area contributed by atoms with E-state index in [2.05, 4.69) is 10.4 Å². The molecule has 1 aromatic heterocycles. The van der Waals surface area contributed by atoms with Gasteiger partial charge in [0.2, 0.25) is 5.91 Å². The highest BCUT2D eigenvalue weighted by atomic mass is 16.6. The maximum absolute atomic E-state index is 12.1. The Morgan fingerprint density at radius 1 is 1.33 bits per heavy atom. The molecule has 126 valence electrons. The molecule has 0 aliphatic heterocycles. The summed E-state index contributed by atoms with van der Waals surface area (Å²) in [6, 6.07) is 3.30. The van der Waals surface area contributed by atoms with Gasteiger partial charge in [0.05, 0.1) is 34.1 Å². The number of nitrogens with zero attached hydrogens (tertiary/aromatic N) is 4. The zero-order valence-electron chi connectivity index (χ0n) is 12.4. The first-order chi connectivity index (χ1) is 11.3. The van der Waals surface area contributed by atoms with Crippen LogP contribution in [0.4, 0.5) is 17.1 Å². The molecule has 2 aromatic rings. The SMILES string of the molecule is CC(Cn1cc([N+](=O)[O-])cn1)C(=O)Nc1ccc([N+](=O)[O-])cc1O. The summed E-state index contributed by atoms with van der Waals surface area (Å²) in [5.41, 5.74) is -0.457. The number of nitrogens with one attached hydrogen (secondary N) is 1. The molecule has 1 amide bonds. The third-order valence-electron chi connectivity index (χ3n) is 3.19. The number of benzene rings is 1. The summed E-state index contributed by atoms with van der Waals surface area (Å²) in [7, 11) is 0. The van der Waals surface area contributed by atoms with Crippen molar-refractivity contribution < 1.29 is 19.7 Å². The van der Waals surface area contributed by atoms with Crippen LogP contribution in [0.15, 0.2) is 30.6 Å². The molecule has 1 heterocycles. The minimum Gasteiger partial charge on any atom is -0.506 e. The molecule has 1 aromatic carbocycles. The largest absolute Gasteiger partial charge is 0.506 e. The van der Waals surface area contributed by atoms with E-state index in [0.717, 1.165) is 18.3 Å². The minimum atomic E-state index is -0.668. The van der Waals surface area contributed by atoms with Crippen LogP contribution in [-0.2, 0) is 11.3 Å². The van der Waals surface area contributed by atoms with E-state index in [1.54, 1.807) is 6.92 Å². The summed E-state index contributed by atoms with van der Waals surface area (Å²) in [4.78, 5) is 32.0. The third kappa shape index (κ3) is 3.82. The van der Waals surface area contributed by atoms with Crippen LogP contribution in [0, 0.1) is 26.1 Å². The Hall–Kier alpha value is -3.50. The average molecular weight is 335 g/mol. The number of hydrogen-bond donors (Lipinski definition) is 2. The van der Waals surface area contributed by atoms with Crippen LogP contribution >= 0.6 is 0 Å². The van der Waals surface area contributed by atoms with Gasteiger partial charge in [0.15, 0.2) is 0 Å². The highest BCUT2D eigenvalue weighted by Crippen LogP contribution is 2.28. The molecule has 0 aliphatic carbocycles. The van der Waals surface area contributed by atoms with E-state index < -0.39 is 27.4 Å². The number of carbonyl (C=O) groups is 1. The molecule has 1 unspecified atom stereocenters. The van der Waals surface area contributed by atoms with E-state index in [1.165, 1.54) is 16.9 Å². The van der Waals surface area contributed by atoms with Gasteiger partial charge in [-0.05, 0) is 6.07 Å². The van der Waals surface area contributed by atoms with Crippen LogP contribution in [0.5, 0.6) is 5.75 Å². The van der Waals surface area contributed by atoms with Crippen LogP contribution in [0.2, 0.25) is 0 Å². The van der Waals surface area contributed by atoms with Crippen LogP contribution in [0.1, 0.15) is 6.92 Å². The van der Waals surface area contributed by atoms with Gasteiger partial charge in [-0.1, -0.05) is 6.92 Å². The fraction of sp³-hybridized carbons (Fsp3) is 0.231. The Balaban J connectivity index is 2.03. The van der Waals surface area contributed by atoms with Gasteiger partial charge in [-0.3, -0.25) is 29.7 Å². The molecule has 0 radical (unpaired) electrons. The second kappa shape index (κ2) is 6.73. The number of aromatic nitrogens is 2. The van der Waals surface area contributed by atoms with Gasteiger partial charge in [0.25, 0.3) is 5.69 Å². The number of non-ortho nitro benzene ring substituents is 1. The van der Waals surface area contributed by atoms with Gasteiger partial charge in [0.1, 0.15) is 18.1 Å². The molecule has 24 heavy (non-hydrogen) atoms. The summed E-state index contributed by atoms with van der Waals surface area (Å²) >= 11 is 0. The summed E-state index contributed by atoms with van der Waals surface area (Å²) in [5.74, 6) is -1.52. The lowest BCUT2D eigenvalue weighted by atomic mass is 10.1. The van der Waals surface area contributed by atoms with Gasteiger partial charge in [-0.15, -0.1) is 0 Å². The number of phenolic OH excluding ortho intramolecular Hbond substituents is 1. The van der Waals surface area contributed by atoms with E-state index in [-0.39, 0.29) is 23.6 Å². The molecule has 0 spiro atoms. The Bertz CT molecular complexity index is 802. The number of rotatable bonds is 6. The van der Waals surface area contributed by atoms with Crippen molar-refractivity contribution in [1.29, 1.82) is 0 Å². The number of phenols is 1. The number of amides is 1. The number of carbonyl (C=O) groups excluding carboxylic acids is 1. The topological polar surface area (TPSA) is 153 Å². The molecule has 0 bridgehead atoms. The second-order valence-electron chi connectivity index (χ2n) is 5.03. The van der Waals surface area contributed by atoms with E-state index >= 15 is 0 Å². The smallest absolute Gasteiger partial charge is 0.306 e. The van der Waals surface area contributed by atoms with E-state index in [4.69, 9.17) is 0 Å². The number of hydrogen-bond acceptors (Lipinski definition) is 7. The molecular formula is C13H13N5O6. The van der Waals surface area contributed by atoms with Crippen molar-refractivity contribution in [2.24, 2.45) is 5.92 Å². The summed E-state index contributed by atoms with van der Waals surface area (Å²) in [6.45, 7) is 1.67. The number of nitro groups is 2. The zero-order chi connectivity index (χ0) is 17.9. The van der Waals surface area contributed by atoms with E-state index in [0.29, 0.717) is 0 Å². The first-order valence-electron chi connectivity index (χ1n) is 6.73. The molecule has 0 aliphatic rings. The second-order valence-corrected chi connectivity index (χ2v) is 5.03. The molecule has 0 saturated carbocycles. The maximum Gasteiger partial charge on any atom is 0.306 e. The molecule has 1 atom stereocenters. The molecule has 11 nitrogen and oxygen atoms in total. The van der Waals surface area contributed by atoms with Crippen molar-refractivity contribution >= 4 is 23.0 Å². The maximum atomic E-state index is 12.1. The lowest BCUT2D eigenvalue weighted by Crippen LogP contribution is -2.24. The van der Waals surface area contributed by atoms with Crippen molar-refractivity contribution in [3.8, 4) is 5.75 Å². The van der Waals surface area contributed by atoms with Gasteiger partial charge in [-0.2, -0.15) is 5.10 Å². The molecule has 2 N–H and O–H groups in total. The van der Waals surface area contributed by atoms with Gasteiger partial charge >= 0.3 is 5.69 Å². The van der Waals surface area contributed by atoms with Crippen molar-refractivity contribution in [3.05, 3.63) is 50.8 Å². The molecule has 11 heteroatoms. The van der Waals surface area contributed by atoms with Gasteiger partial charge in [0, 0.05) is 6.07 Å². The number of anilines is 1. The summed E-state index contributed by atoms with van der Waals surface area (Å²) in [6.07, 6.45) is 2.28. The summed E-state index contributed by atoms with van der Waals surface area (Å²) in [5, 5.41) is 37.1. The predicted molar refractivity (Wildman–Crippen MR) is 81.4 cm³/mol. The highest BCUT2D eigenvalue weighted by molar-refractivity contribution is 5.93. The standard InChI is InChI=1S/C13H13N5O6/c1-8(6-16-7-10(5-14-16)18(23)24)13(20)15-11-3-2-9(17(21)22)4-12(11)19/h2-5,7-8,19H,6H2,1H3,(H,15,20). The Morgan fingerprint density at radius 3 is 2.54 bits per heavy atom. The fourth-order valence-corrected chi connectivity index (χ4v) is 1.91. The molecule has 2 rings (SSSR count). The van der Waals surface area contributed by atoms with E-state index in [1.807, 2.05) is 0 Å². The number of aromatic hydroxyl groups is 1. The lowest BCUT2D eigenvalue weighted by Gasteiger charge is -2.13. The monoisotopic (exact) mass is 335 g/mol. The van der Waals surface area contributed by atoms with Crippen molar-refractivity contribution in [1.82, 2.24) is 9.78 Å². The highest BCUT2D eigenvalue weighted by Gasteiger charge is 2.18. The van der Waals surface area contributed by atoms with Crippen molar-refractivity contribution in [2.75, 3.05) is 5.32 Å². The molecular weight excluding hydrogens is 322 g/mol. The predicted octanol–water partition coefficient (Wildman–Crippen LogP) is 1.68. The molecule has 0 saturated heterocycles. The van der Waals surface area contributed by atoms with Crippen molar-refractivity contribution in [2.45, 2.75) is 13.5 Å². The lowest BCUT2D eigenvalue weighted by molar-refractivity contribution is -0.385. The normalized spacial score (nSPS) is 11.7. The summed E-state index contributed by atoms with van der Waals surface area (Å²) < 4.78 is 1.26. The first-order valence-corrected chi connectivity index (χ1v) is 6.73. The Labute approximate surface area is 134 Å². The minimum absolute atomic E-state index is 0.0314. The van der Waals surface area contributed by atoms with Crippen LogP contribution in [-0.4, -0.2) is 30.6 Å². The fourth-order valence-electron chi connectivity index (χ4n) is 1.91. The quantitative estimate of drug-likeness (QED) is 0.462. The van der Waals surface area contributed by atoms with Crippen molar-refractivity contribution in [3.63, 3.8) is 0 Å². The van der Waals surface area contributed by atoms with E-state index in [9.17, 15) is 30.1 Å². The van der Waals surface area contributed by atoms with Crippen LogP contribution < -0.4 is 5.32 Å². The Morgan fingerprint density at radius 2 is 2.00 bits per heavy atom.